The zero-order valence-corrected chi connectivity index (χ0v) is 13.6. The number of rotatable bonds is 7. The summed E-state index contributed by atoms with van der Waals surface area (Å²) < 4.78 is 0. The fourth-order valence-electron chi connectivity index (χ4n) is 2.32. The molecule has 1 amide bonds. The molecule has 0 aliphatic carbocycles. The Hall–Kier alpha value is -2.54. The maximum absolute atomic E-state index is 11.9. The van der Waals surface area contributed by atoms with Crippen LogP contribution in [0.2, 0.25) is 0 Å². The average molecular weight is 331 g/mol. The highest BCUT2D eigenvalue weighted by atomic mass is 16.4. The number of carbonyl (C=O) groups is 2. The lowest BCUT2D eigenvalue weighted by Crippen LogP contribution is -2.47. The van der Waals surface area contributed by atoms with Gasteiger partial charge in [0, 0.05) is 12.6 Å². The fraction of sp³-hybridized carbons (Fsp3) is 0.412. The Morgan fingerprint density at radius 1 is 1.21 bits per heavy atom. The van der Waals surface area contributed by atoms with Crippen LogP contribution in [0.5, 0.6) is 0 Å². The first-order valence-electron chi connectivity index (χ1n) is 7.78. The molecule has 2 rings (SSSR count). The van der Waals surface area contributed by atoms with Crippen LogP contribution in [0, 0.1) is 5.92 Å². The number of amides is 1. The monoisotopic (exact) mass is 331 g/mol. The van der Waals surface area contributed by atoms with E-state index in [9.17, 15) is 19.8 Å². The molecule has 1 aromatic heterocycles. The van der Waals surface area contributed by atoms with E-state index in [0.717, 1.165) is 0 Å². The molecule has 3 N–H and O–H groups in total. The lowest BCUT2D eigenvalue weighted by Gasteiger charge is -2.18. The number of aliphatic hydroxyl groups excluding tert-OH is 1. The van der Waals surface area contributed by atoms with Gasteiger partial charge in [-0.2, -0.15) is 0 Å². The zero-order chi connectivity index (χ0) is 17.7. The van der Waals surface area contributed by atoms with Crippen molar-refractivity contribution in [3.05, 3.63) is 36.2 Å². The highest BCUT2D eigenvalue weighted by Gasteiger charge is 2.25. The molecule has 0 saturated carbocycles. The van der Waals surface area contributed by atoms with Gasteiger partial charge < -0.3 is 15.5 Å². The number of nitrogens with zero attached hydrogens (tertiary/aromatic N) is 2. The molecule has 2 atom stereocenters. The Labute approximate surface area is 139 Å². The summed E-state index contributed by atoms with van der Waals surface area (Å²) in [7, 11) is 0. The number of nitrogens with one attached hydrogen (secondary N) is 1. The number of aliphatic hydroxyl groups is 1. The molecule has 0 aliphatic rings. The number of benzene rings is 1. The number of carbonyl (C=O) groups excluding carboxylic acids is 1. The summed E-state index contributed by atoms with van der Waals surface area (Å²) in [5.74, 6) is -1.75. The number of carboxylic acid groups (broad SMARTS) is 1. The van der Waals surface area contributed by atoms with Crippen LogP contribution < -0.4 is 5.32 Å². The maximum atomic E-state index is 11.9. The van der Waals surface area contributed by atoms with Crippen molar-refractivity contribution in [2.75, 3.05) is 0 Å². The van der Waals surface area contributed by atoms with Crippen LogP contribution in [0.25, 0.3) is 11.0 Å². The Bertz CT molecular complexity index is 733. The highest BCUT2D eigenvalue weighted by Crippen LogP contribution is 2.10. The molecule has 1 heterocycles. The Morgan fingerprint density at radius 3 is 2.50 bits per heavy atom. The molecule has 7 nitrogen and oxygen atoms in total. The zero-order valence-electron chi connectivity index (χ0n) is 13.6. The van der Waals surface area contributed by atoms with Crippen LogP contribution in [-0.4, -0.2) is 44.2 Å². The van der Waals surface area contributed by atoms with Gasteiger partial charge >= 0.3 is 5.97 Å². The topological polar surface area (TPSA) is 112 Å². The summed E-state index contributed by atoms with van der Waals surface area (Å²) in [6.45, 7) is 3.74. The predicted octanol–water partition coefficient (Wildman–Crippen LogP) is 1.15. The Morgan fingerprint density at radius 2 is 1.88 bits per heavy atom. The molecule has 128 valence electrons. The van der Waals surface area contributed by atoms with Crippen LogP contribution in [0.15, 0.2) is 30.5 Å². The maximum Gasteiger partial charge on any atom is 0.326 e. The first kappa shape index (κ1) is 17.8. The molecular formula is C17H21N3O4. The highest BCUT2D eigenvalue weighted by molar-refractivity contribution is 5.86. The lowest BCUT2D eigenvalue weighted by molar-refractivity contribution is -0.143. The molecule has 0 radical (unpaired) electrons. The molecule has 0 saturated heterocycles. The standard InChI is InChI=1S/C17H21N3O4/c1-10(2)7-15(21)16(22)20-14(17(23)24)8-11-9-18-12-5-3-4-6-13(12)19-11/h3-6,9-10,14-15,21H,7-8H2,1-2H3,(H,20,22)(H,23,24)/t14-,15-/m1/s1. The van der Waals surface area contributed by atoms with Gasteiger partial charge in [0.1, 0.15) is 12.1 Å². The summed E-state index contributed by atoms with van der Waals surface area (Å²) in [5, 5.41) is 21.5. The first-order valence-corrected chi connectivity index (χ1v) is 7.78. The van der Waals surface area contributed by atoms with Gasteiger partial charge in [-0.1, -0.05) is 26.0 Å². The van der Waals surface area contributed by atoms with Crippen molar-refractivity contribution >= 4 is 22.9 Å². The quantitative estimate of drug-likeness (QED) is 0.701. The number of carboxylic acids is 1. The van der Waals surface area contributed by atoms with Crippen LogP contribution >= 0.6 is 0 Å². The van der Waals surface area contributed by atoms with Gasteiger partial charge in [-0.15, -0.1) is 0 Å². The van der Waals surface area contributed by atoms with Crippen molar-refractivity contribution in [1.82, 2.24) is 15.3 Å². The van der Waals surface area contributed by atoms with E-state index in [1.807, 2.05) is 32.0 Å². The second kappa shape index (κ2) is 7.83. The Balaban J connectivity index is 2.09. The van der Waals surface area contributed by atoms with Gasteiger partial charge in [0.15, 0.2) is 0 Å². The molecule has 0 unspecified atom stereocenters. The van der Waals surface area contributed by atoms with Gasteiger partial charge in [0.2, 0.25) is 5.91 Å². The van der Waals surface area contributed by atoms with Gasteiger partial charge in [0.05, 0.1) is 16.7 Å². The minimum atomic E-state index is -1.23. The van der Waals surface area contributed by atoms with Crippen molar-refractivity contribution < 1.29 is 19.8 Å². The van der Waals surface area contributed by atoms with Crippen LogP contribution in [0.3, 0.4) is 0 Å². The van der Waals surface area contributed by atoms with Crippen molar-refractivity contribution in [3.8, 4) is 0 Å². The minimum absolute atomic E-state index is 0.00664. The van der Waals surface area contributed by atoms with Crippen molar-refractivity contribution in [1.29, 1.82) is 0 Å². The number of fused-ring (bicyclic) bond motifs is 1. The van der Waals surface area contributed by atoms with E-state index in [1.54, 1.807) is 6.07 Å². The second-order valence-corrected chi connectivity index (χ2v) is 6.10. The summed E-state index contributed by atoms with van der Waals surface area (Å²) >= 11 is 0. The third-order valence-electron chi connectivity index (χ3n) is 3.52. The summed E-state index contributed by atoms with van der Waals surface area (Å²) in [6.07, 6.45) is 0.533. The third kappa shape index (κ3) is 4.73. The van der Waals surface area contributed by atoms with Gasteiger partial charge in [-0.25, -0.2) is 9.78 Å². The number of hydrogen-bond donors (Lipinski definition) is 3. The summed E-state index contributed by atoms with van der Waals surface area (Å²) in [6, 6.07) is 6.08. The van der Waals surface area contributed by atoms with Gasteiger partial charge in [0.25, 0.3) is 0 Å². The number of hydrogen-bond acceptors (Lipinski definition) is 5. The first-order chi connectivity index (χ1) is 11.4. The molecular weight excluding hydrogens is 310 g/mol. The van der Waals surface area contributed by atoms with E-state index in [1.165, 1.54) is 6.20 Å². The van der Waals surface area contributed by atoms with Crippen LogP contribution in [-0.2, 0) is 16.0 Å². The summed E-state index contributed by atoms with van der Waals surface area (Å²) in [4.78, 5) is 31.9. The average Bonchev–Trinajstić information content (AvgIpc) is 2.53. The number of aliphatic carboxylic acids is 1. The van der Waals surface area contributed by atoms with Crippen molar-refractivity contribution in [2.24, 2.45) is 5.92 Å². The fourth-order valence-corrected chi connectivity index (χ4v) is 2.32. The van der Waals surface area contributed by atoms with E-state index < -0.39 is 24.0 Å². The van der Waals surface area contributed by atoms with Crippen LogP contribution in [0.4, 0.5) is 0 Å². The van der Waals surface area contributed by atoms with E-state index in [0.29, 0.717) is 16.7 Å². The van der Waals surface area contributed by atoms with Crippen molar-refractivity contribution in [3.63, 3.8) is 0 Å². The predicted molar refractivity (Wildman–Crippen MR) is 88.3 cm³/mol. The molecule has 2 aromatic rings. The van der Waals surface area contributed by atoms with E-state index in [2.05, 4.69) is 15.3 Å². The second-order valence-electron chi connectivity index (χ2n) is 6.10. The molecule has 0 fully saturated rings. The smallest absolute Gasteiger partial charge is 0.326 e. The van der Waals surface area contributed by atoms with Crippen LogP contribution in [0.1, 0.15) is 26.0 Å². The largest absolute Gasteiger partial charge is 0.480 e. The molecule has 1 aromatic carbocycles. The normalized spacial score (nSPS) is 13.7. The molecule has 7 heteroatoms. The van der Waals surface area contributed by atoms with Gasteiger partial charge in [-0.3, -0.25) is 9.78 Å². The van der Waals surface area contributed by atoms with E-state index in [-0.39, 0.29) is 18.8 Å². The molecule has 0 aliphatic heterocycles. The number of para-hydroxylation sites is 2. The van der Waals surface area contributed by atoms with E-state index in [4.69, 9.17) is 0 Å². The molecule has 0 spiro atoms. The van der Waals surface area contributed by atoms with E-state index >= 15 is 0 Å². The van der Waals surface area contributed by atoms with Crippen molar-refractivity contribution in [2.45, 2.75) is 38.8 Å². The number of aromatic nitrogens is 2. The minimum Gasteiger partial charge on any atom is -0.480 e. The third-order valence-corrected chi connectivity index (χ3v) is 3.52. The summed E-state index contributed by atoms with van der Waals surface area (Å²) in [5.41, 5.74) is 1.83. The Kier molecular flexibility index (Phi) is 5.81. The molecule has 0 bridgehead atoms. The van der Waals surface area contributed by atoms with Gasteiger partial charge in [-0.05, 0) is 24.5 Å². The SMILES string of the molecule is CC(C)C[C@@H](O)C(=O)N[C@H](Cc1cnc2ccccc2n1)C(=O)O. The molecule has 24 heavy (non-hydrogen) atoms. The lowest BCUT2D eigenvalue weighted by atomic mass is 10.0.